The quantitative estimate of drug-likeness (QED) is 0.319. The maximum Gasteiger partial charge on any atom is 0.373 e. The van der Waals surface area contributed by atoms with Crippen LogP contribution in [-0.4, -0.2) is 62.2 Å². The molecule has 0 amide bonds. The van der Waals surface area contributed by atoms with Crippen molar-refractivity contribution in [3.8, 4) is 0 Å². The van der Waals surface area contributed by atoms with Crippen molar-refractivity contribution in [2.75, 3.05) is 20.2 Å². The number of ether oxygens (including phenoxy) is 1. The average Bonchev–Trinajstić information content (AvgIpc) is 2.86. The molecule has 1 aliphatic heterocycles. The van der Waals surface area contributed by atoms with Crippen molar-refractivity contribution in [3.05, 3.63) is 0 Å². The molecule has 0 aromatic rings. The molecule has 0 radical (unpaired) electrons. The van der Waals surface area contributed by atoms with Gasteiger partial charge in [-0.1, -0.05) is 0 Å². The molecule has 0 spiro atoms. The summed E-state index contributed by atoms with van der Waals surface area (Å²) in [5.41, 5.74) is 0. The van der Waals surface area contributed by atoms with E-state index in [1.807, 2.05) is 0 Å². The molecule has 114 valence electrons. The first-order valence-corrected chi connectivity index (χ1v) is 6.93. The third-order valence-corrected chi connectivity index (χ3v) is 3.45. The SMILES string of the molecule is COC(=O)C(CNB(C)O)NCC1CCC(C(C)=O)N1. The summed E-state index contributed by atoms with van der Waals surface area (Å²) in [7, 11) is 0.648. The van der Waals surface area contributed by atoms with Crippen molar-refractivity contribution >= 4 is 18.8 Å². The zero-order chi connectivity index (χ0) is 15.1. The highest BCUT2D eigenvalue weighted by molar-refractivity contribution is 6.45. The predicted octanol–water partition coefficient (Wildman–Crippen LogP) is -1.47. The first kappa shape index (κ1) is 17.1. The van der Waals surface area contributed by atoms with Crippen LogP contribution in [0.4, 0.5) is 0 Å². The van der Waals surface area contributed by atoms with Crippen molar-refractivity contribution in [2.24, 2.45) is 0 Å². The van der Waals surface area contributed by atoms with Crippen LogP contribution in [0.1, 0.15) is 19.8 Å². The van der Waals surface area contributed by atoms with Gasteiger partial charge >= 0.3 is 13.0 Å². The van der Waals surface area contributed by atoms with E-state index in [4.69, 9.17) is 4.74 Å². The lowest BCUT2D eigenvalue weighted by molar-refractivity contribution is -0.143. The lowest BCUT2D eigenvalue weighted by Crippen LogP contribution is -2.51. The second kappa shape index (κ2) is 8.36. The normalized spacial score (nSPS) is 23.4. The fourth-order valence-electron chi connectivity index (χ4n) is 2.25. The van der Waals surface area contributed by atoms with Crippen LogP contribution in [0, 0.1) is 0 Å². The van der Waals surface area contributed by atoms with E-state index >= 15 is 0 Å². The number of ketones is 1. The Labute approximate surface area is 120 Å². The number of hydrogen-bond donors (Lipinski definition) is 4. The van der Waals surface area contributed by atoms with Gasteiger partial charge in [0.2, 0.25) is 0 Å². The lowest BCUT2D eigenvalue weighted by atomic mass is 9.88. The van der Waals surface area contributed by atoms with Gasteiger partial charge in [0.05, 0.1) is 13.2 Å². The van der Waals surface area contributed by atoms with Gasteiger partial charge in [-0.25, -0.2) is 0 Å². The molecule has 1 fully saturated rings. The van der Waals surface area contributed by atoms with Crippen molar-refractivity contribution in [3.63, 3.8) is 0 Å². The summed E-state index contributed by atoms with van der Waals surface area (Å²) in [6, 6.07) is -0.427. The molecule has 1 aliphatic rings. The Morgan fingerprint density at radius 3 is 2.70 bits per heavy atom. The molecule has 0 aromatic carbocycles. The summed E-state index contributed by atoms with van der Waals surface area (Å²) >= 11 is 0. The van der Waals surface area contributed by atoms with Crippen LogP contribution >= 0.6 is 0 Å². The van der Waals surface area contributed by atoms with Gasteiger partial charge in [-0.15, -0.1) is 0 Å². The summed E-state index contributed by atoms with van der Waals surface area (Å²) in [5.74, 6) is -0.230. The van der Waals surface area contributed by atoms with Gasteiger partial charge in [-0.05, 0) is 26.6 Å². The Balaban J connectivity index is 2.38. The molecule has 3 unspecified atom stereocenters. The van der Waals surface area contributed by atoms with E-state index in [1.54, 1.807) is 13.7 Å². The van der Waals surface area contributed by atoms with E-state index < -0.39 is 13.1 Å². The lowest BCUT2D eigenvalue weighted by Gasteiger charge is -2.20. The second-order valence-corrected chi connectivity index (χ2v) is 5.17. The largest absolute Gasteiger partial charge is 0.468 e. The monoisotopic (exact) mass is 285 g/mol. The molecule has 7 nitrogen and oxygen atoms in total. The molecule has 8 heteroatoms. The molecule has 4 N–H and O–H groups in total. The van der Waals surface area contributed by atoms with Crippen molar-refractivity contribution in [1.29, 1.82) is 0 Å². The highest BCUT2D eigenvalue weighted by atomic mass is 16.5. The van der Waals surface area contributed by atoms with Gasteiger partial charge in [0.1, 0.15) is 11.8 Å². The molecule has 1 rings (SSSR count). The van der Waals surface area contributed by atoms with Crippen molar-refractivity contribution in [1.82, 2.24) is 15.9 Å². The minimum Gasteiger partial charge on any atom is -0.468 e. The number of Topliss-reactive ketones (excluding diaryl/α,β-unsaturated/α-hetero) is 1. The van der Waals surface area contributed by atoms with E-state index in [-0.39, 0.29) is 30.4 Å². The molecular weight excluding hydrogens is 261 g/mol. The molecule has 20 heavy (non-hydrogen) atoms. The fourth-order valence-corrected chi connectivity index (χ4v) is 2.25. The van der Waals surface area contributed by atoms with E-state index in [2.05, 4.69) is 15.9 Å². The number of rotatable bonds is 8. The molecular formula is C12H24BN3O4. The highest BCUT2D eigenvalue weighted by Gasteiger charge is 2.28. The number of carbonyl (C=O) groups is 2. The van der Waals surface area contributed by atoms with Gasteiger partial charge in [0.25, 0.3) is 0 Å². The summed E-state index contributed by atoms with van der Waals surface area (Å²) in [5, 5.41) is 18.3. The number of nitrogens with one attached hydrogen (secondary N) is 3. The zero-order valence-electron chi connectivity index (χ0n) is 12.3. The standard InChI is InChI=1S/C12H24BN3O4/c1-8(17)10-5-4-9(16-10)6-14-11(12(18)20-3)7-15-13(2)19/h9-11,14-16,19H,4-7H2,1-3H3. The molecule has 1 saturated heterocycles. The maximum atomic E-state index is 11.6. The number of esters is 1. The first-order chi connectivity index (χ1) is 9.43. The minimum atomic E-state index is -0.685. The summed E-state index contributed by atoms with van der Waals surface area (Å²) < 4.78 is 4.72. The van der Waals surface area contributed by atoms with Gasteiger partial charge in [-0.3, -0.25) is 9.59 Å². The third kappa shape index (κ3) is 5.58. The van der Waals surface area contributed by atoms with Gasteiger partial charge in [0, 0.05) is 19.1 Å². The van der Waals surface area contributed by atoms with Gasteiger partial charge in [0.15, 0.2) is 0 Å². The molecule has 1 heterocycles. The van der Waals surface area contributed by atoms with E-state index in [9.17, 15) is 14.6 Å². The number of hydrogen-bond acceptors (Lipinski definition) is 7. The van der Waals surface area contributed by atoms with Crippen LogP contribution in [0.25, 0.3) is 0 Å². The molecule has 0 aromatic heterocycles. The van der Waals surface area contributed by atoms with E-state index in [1.165, 1.54) is 7.11 Å². The fraction of sp³-hybridized carbons (Fsp3) is 0.833. The van der Waals surface area contributed by atoms with E-state index in [0.29, 0.717) is 6.54 Å². The van der Waals surface area contributed by atoms with Gasteiger partial charge < -0.3 is 25.6 Å². The predicted molar refractivity (Wildman–Crippen MR) is 76.3 cm³/mol. The minimum absolute atomic E-state index is 0.0750. The second-order valence-electron chi connectivity index (χ2n) is 5.17. The third-order valence-electron chi connectivity index (χ3n) is 3.45. The smallest absolute Gasteiger partial charge is 0.373 e. The van der Waals surface area contributed by atoms with Crippen LogP contribution < -0.4 is 15.9 Å². The number of methoxy groups -OCH3 is 1. The van der Waals surface area contributed by atoms with Crippen LogP contribution in [-0.2, 0) is 14.3 Å². The van der Waals surface area contributed by atoms with Crippen LogP contribution in [0.15, 0.2) is 0 Å². The molecule has 0 bridgehead atoms. The Morgan fingerprint density at radius 2 is 2.20 bits per heavy atom. The molecule has 0 saturated carbocycles. The zero-order valence-corrected chi connectivity index (χ0v) is 12.3. The summed E-state index contributed by atoms with van der Waals surface area (Å²) in [4.78, 5) is 22.9. The first-order valence-electron chi connectivity index (χ1n) is 6.93. The van der Waals surface area contributed by atoms with E-state index in [0.717, 1.165) is 12.8 Å². The van der Waals surface area contributed by atoms with Crippen LogP contribution in [0.2, 0.25) is 6.82 Å². The van der Waals surface area contributed by atoms with Crippen LogP contribution in [0.3, 0.4) is 0 Å². The maximum absolute atomic E-state index is 11.6. The Kier molecular flexibility index (Phi) is 7.15. The summed E-state index contributed by atoms with van der Waals surface area (Å²) in [6.45, 7) is 4.03. The topological polar surface area (TPSA) is 99.7 Å². The Morgan fingerprint density at radius 1 is 1.50 bits per heavy atom. The van der Waals surface area contributed by atoms with Crippen LogP contribution in [0.5, 0.6) is 0 Å². The molecule has 3 atom stereocenters. The summed E-state index contributed by atoms with van der Waals surface area (Å²) in [6.07, 6.45) is 1.73. The average molecular weight is 285 g/mol. The van der Waals surface area contributed by atoms with Crippen molar-refractivity contribution in [2.45, 2.75) is 44.7 Å². The number of carbonyl (C=O) groups excluding carboxylic acids is 2. The molecule has 0 aliphatic carbocycles. The Hall–Kier alpha value is -0.955. The van der Waals surface area contributed by atoms with Crippen molar-refractivity contribution < 1.29 is 19.3 Å². The Bertz CT molecular complexity index is 341. The highest BCUT2D eigenvalue weighted by Crippen LogP contribution is 2.12. The van der Waals surface area contributed by atoms with Gasteiger partial charge in [-0.2, -0.15) is 0 Å².